The fraction of sp³-hybridized carbons (Fsp3) is 0.417. The molecule has 1 heterocycles. The highest BCUT2D eigenvalue weighted by molar-refractivity contribution is 6.31. The molecule has 0 bridgehead atoms. The zero-order chi connectivity index (χ0) is 11.5. The lowest BCUT2D eigenvalue weighted by Crippen LogP contribution is -2.52. The van der Waals surface area contributed by atoms with Crippen LogP contribution in [-0.4, -0.2) is 25.0 Å². The van der Waals surface area contributed by atoms with Gasteiger partial charge in [-0.15, -0.1) is 0 Å². The van der Waals surface area contributed by atoms with Crippen LogP contribution < -0.4 is 10.6 Å². The summed E-state index contributed by atoms with van der Waals surface area (Å²) in [4.78, 5) is 11.0. The van der Waals surface area contributed by atoms with Crippen molar-refractivity contribution >= 4 is 17.5 Å². The van der Waals surface area contributed by atoms with Crippen molar-refractivity contribution in [1.29, 1.82) is 0 Å². The van der Waals surface area contributed by atoms with Gasteiger partial charge < -0.3 is 10.6 Å². The number of hydrogen-bond acceptors (Lipinski definition) is 2. The van der Waals surface area contributed by atoms with Crippen LogP contribution in [0.2, 0.25) is 5.02 Å². The summed E-state index contributed by atoms with van der Waals surface area (Å²) in [6, 6.07) is 6.41. The van der Waals surface area contributed by atoms with Gasteiger partial charge in [-0.3, -0.25) is 4.79 Å². The molecule has 0 aromatic heterocycles. The second-order valence-electron chi connectivity index (χ2n) is 4.17. The van der Waals surface area contributed by atoms with Crippen LogP contribution in [0.15, 0.2) is 18.2 Å². The van der Waals surface area contributed by atoms with Crippen LogP contribution in [0, 0.1) is 6.92 Å². The number of carbonyl (C=O) groups excluding carboxylic acids is 1. The molecule has 4 heteroatoms. The zero-order valence-corrected chi connectivity index (χ0v) is 9.97. The highest BCUT2D eigenvalue weighted by Crippen LogP contribution is 2.17. The number of piperazine rings is 1. The van der Waals surface area contributed by atoms with E-state index >= 15 is 0 Å². The van der Waals surface area contributed by atoms with Crippen LogP contribution >= 0.6 is 11.6 Å². The lowest BCUT2D eigenvalue weighted by molar-refractivity contribution is -0.121. The maximum atomic E-state index is 11.0. The third kappa shape index (κ3) is 2.74. The molecule has 3 nitrogen and oxygen atoms in total. The maximum Gasteiger partial charge on any atom is 0.234 e. The van der Waals surface area contributed by atoms with Crippen LogP contribution in [0.5, 0.6) is 0 Å². The highest BCUT2D eigenvalue weighted by atomic mass is 35.5. The Kier molecular flexibility index (Phi) is 3.46. The number of amides is 1. The van der Waals surface area contributed by atoms with Crippen molar-refractivity contribution in [2.75, 3.05) is 13.1 Å². The molecule has 1 amide bonds. The lowest BCUT2D eigenvalue weighted by atomic mass is 10.0. The monoisotopic (exact) mass is 238 g/mol. The molecule has 86 valence electrons. The number of hydrogen-bond donors (Lipinski definition) is 2. The number of rotatable bonds is 2. The molecular formula is C12H15ClN2O. The Hall–Kier alpha value is -1.06. The van der Waals surface area contributed by atoms with Crippen molar-refractivity contribution in [2.24, 2.45) is 0 Å². The first-order chi connectivity index (χ1) is 7.65. The maximum absolute atomic E-state index is 11.0. The molecule has 16 heavy (non-hydrogen) atoms. The van der Waals surface area contributed by atoms with Crippen molar-refractivity contribution in [2.45, 2.75) is 19.4 Å². The Morgan fingerprint density at radius 2 is 2.31 bits per heavy atom. The Labute approximate surface area is 100 Å². The summed E-state index contributed by atoms with van der Waals surface area (Å²) in [5, 5.41) is 6.84. The average Bonchev–Trinajstić information content (AvgIpc) is 2.27. The minimum Gasteiger partial charge on any atom is -0.353 e. The van der Waals surface area contributed by atoms with Crippen LogP contribution in [0.25, 0.3) is 0 Å². The third-order valence-electron chi connectivity index (χ3n) is 2.82. The average molecular weight is 239 g/mol. The summed E-state index contributed by atoms with van der Waals surface area (Å²) < 4.78 is 0. The van der Waals surface area contributed by atoms with Crippen molar-refractivity contribution in [3.63, 3.8) is 0 Å². The van der Waals surface area contributed by atoms with Crippen LogP contribution in [0.1, 0.15) is 11.1 Å². The number of benzene rings is 1. The van der Waals surface area contributed by atoms with Crippen molar-refractivity contribution < 1.29 is 4.79 Å². The quantitative estimate of drug-likeness (QED) is 0.815. The second kappa shape index (κ2) is 4.85. The van der Waals surface area contributed by atoms with Crippen LogP contribution in [0.3, 0.4) is 0 Å². The van der Waals surface area contributed by atoms with Crippen molar-refractivity contribution in [3.8, 4) is 0 Å². The minimum atomic E-state index is 0.0678. The largest absolute Gasteiger partial charge is 0.353 e. The Morgan fingerprint density at radius 3 is 2.94 bits per heavy atom. The Balaban J connectivity index is 1.98. The lowest BCUT2D eigenvalue weighted by Gasteiger charge is -2.24. The van der Waals surface area contributed by atoms with Gasteiger partial charge in [0, 0.05) is 17.6 Å². The first-order valence-electron chi connectivity index (χ1n) is 5.40. The second-order valence-corrected chi connectivity index (χ2v) is 4.58. The molecule has 1 saturated heterocycles. The van der Waals surface area contributed by atoms with Crippen molar-refractivity contribution in [1.82, 2.24) is 10.6 Å². The predicted molar refractivity (Wildman–Crippen MR) is 64.7 cm³/mol. The molecule has 1 aliphatic heterocycles. The van der Waals surface area contributed by atoms with E-state index in [1.165, 1.54) is 5.56 Å². The summed E-state index contributed by atoms with van der Waals surface area (Å²) >= 11 is 6.06. The molecule has 0 aliphatic carbocycles. The summed E-state index contributed by atoms with van der Waals surface area (Å²) in [5.41, 5.74) is 2.29. The SMILES string of the molecule is Cc1ccc(CC2CNC(=O)CN2)cc1Cl. The van der Waals surface area contributed by atoms with Gasteiger partial charge in [-0.2, -0.15) is 0 Å². The summed E-state index contributed by atoms with van der Waals surface area (Å²) in [7, 11) is 0. The van der Waals surface area contributed by atoms with Gasteiger partial charge in [-0.05, 0) is 30.5 Å². The van der Waals surface area contributed by atoms with E-state index in [9.17, 15) is 4.79 Å². The van der Waals surface area contributed by atoms with Gasteiger partial charge in [0.15, 0.2) is 0 Å². The van der Waals surface area contributed by atoms with Crippen molar-refractivity contribution in [3.05, 3.63) is 34.3 Å². The standard InChI is InChI=1S/C12H15ClN2O/c1-8-2-3-9(5-11(8)13)4-10-6-15-12(16)7-14-10/h2-3,5,10,14H,4,6-7H2,1H3,(H,15,16). The number of carbonyl (C=O) groups is 1. The van der Waals surface area contributed by atoms with Gasteiger partial charge in [0.1, 0.15) is 0 Å². The van der Waals surface area contributed by atoms with E-state index in [0.717, 1.165) is 17.0 Å². The van der Waals surface area contributed by atoms with E-state index in [1.54, 1.807) is 0 Å². The molecule has 0 saturated carbocycles. The smallest absolute Gasteiger partial charge is 0.234 e. The van der Waals surface area contributed by atoms with Gasteiger partial charge in [0.05, 0.1) is 6.54 Å². The first kappa shape index (κ1) is 11.4. The first-order valence-corrected chi connectivity index (χ1v) is 5.78. The van der Waals surface area contributed by atoms with Gasteiger partial charge in [-0.1, -0.05) is 23.7 Å². The molecule has 2 N–H and O–H groups in total. The van der Waals surface area contributed by atoms with Crippen LogP contribution in [0.4, 0.5) is 0 Å². The minimum absolute atomic E-state index is 0.0678. The normalized spacial score (nSPS) is 20.6. The number of halogens is 1. The van der Waals surface area contributed by atoms with E-state index in [4.69, 9.17) is 11.6 Å². The summed E-state index contributed by atoms with van der Waals surface area (Å²) in [6.07, 6.45) is 0.889. The van der Waals surface area contributed by atoms with Gasteiger partial charge in [0.25, 0.3) is 0 Å². The fourth-order valence-electron chi connectivity index (χ4n) is 1.80. The molecule has 1 aliphatic rings. The predicted octanol–water partition coefficient (Wildman–Crippen LogP) is 1.28. The Morgan fingerprint density at radius 1 is 1.50 bits per heavy atom. The van der Waals surface area contributed by atoms with Crippen LogP contribution in [-0.2, 0) is 11.2 Å². The van der Waals surface area contributed by atoms with E-state index < -0.39 is 0 Å². The highest BCUT2D eigenvalue weighted by Gasteiger charge is 2.17. The summed E-state index contributed by atoms with van der Waals surface area (Å²) in [5.74, 6) is 0.0678. The van der Waals surface area contributed by atoms with E-state index in [2.05, 4.69) is 16.7 Å². The van der Waals surface area contributed by atoms with E-state index in [-0.39, 0.29) is 5.91 Å². The Bertz CT molecular complexity index is 396. The molecule has 1 aromatic carbocycles. The zero-order valence-electron chi connectivity index (χ0n) is 9.22. The van der Waals surface area contributed by atoms with Gasteiger partial charge >= 0.3 is 0 Å². The molecule has 1 atom stereocenters. The molecule has 0 radical (unpaired) electrons. The topological polar surface area (TPSA) is 41.1 Å². The van der Waals surface area contributed by atoms with Gasteiger partial charge in [0.2, 0.25) is 5.91 Å². The third-order valence-corrected chi connectivity index (χ3v) is 3.22. The molecule has 0 spiro atoms. The molecule has 1 fully saturated rings. The molecule has 2 rings (SSSR count). The molecule has 1 aromatic rings. The number of aryl methyl sites for hydroxylation is 1. The van der Waals surface area contributed by atoms with E-state index in [0.29, 0.717) is 19.1 Å². The van der Waals surface area contributed by atoms with E-state index in [1.807, 2.05) is 19.1 Å². The fourth-order valence-corrected chi connectivity index (χ4v) is 2.00. The van der Waals surface area contributed by atoms with Gasteiger partial charge in [-0.25, -0.2) is 0 Å². The molecule has 1 unspecified atom stereocenters. The number of nitrogens with one attached hydrogen (secondary N) is 2. The summed E-state index contributed by atoms with van der Waals surface area (Å²) in [6.45, 7) is 3.08. The molecular weight excluding hydrogens is 224 g/mol.